The van der Waals surface area contributed by atoms with Gasteiger partial charge in [0, 0.05) is 6.54 Å². The Morgan fingerprint density at radius 1 is 1.26 bits per heavy atom. The van der Waals surface area contributed by atoms with Crippen LogP contribution in [0.4, 0.5) is 4.79 Å². The van der Waals surface area contributed by atoms with Crippen molar-refractivity contribution < 1.29 is 19.1 Å². The first kappa shape index (κ1) is 18.6. The largest absolute Gasteiger partial charge is 0.493 e. The van der Waals surface area contributed by atoms with Crippen LogP contribution in [0.3, 0.4) is 0 Å². The van der Waals surface area contributed by atoms with Crippen molar-refractivity contribution in [3.05, 3.63) is 24.3 Å². The minimum absolute atomic E-state index is 0.161. The molecule has 0 aliphatic carbocycles. The molecule has 0 fully saturated rings. The third-order valence-corrected chi connectivity index (χ3v) is 3.29. The second-order valence-electron chi connectivity index (χ2n) is 5.94. The molecule has 0 unspecified atom stereocenters. The molecule has 4 N–H and O–H groups in total. The number of carbonyl (C=O) groups excluding carboxylic acids is 2. The molecule has 128 valence electrons. The van der Waals surface area contributed by atoms with Gasteiger partial charge in [0.05, 0.1) is 18.6 Å². The van der Waals surface area contributed by atoms with Crippen molar-refractivity contribution >= 4 is 11.9 Å². The van der Waals surface area contributed by atoms with Crippen molar-refractivity contribution in [3.63, 3.8) is 0 Å². The van der Waals surface area contributed by atoms with Crippen LogP contribution in [0.2, 0.25) is 0 Å². The summed E-state index contributed by atoms with van der Waals surface area (Å²) in [6, 6.07) is 6.68. The molecule has 0 radical (unpaired) electrons. The fourth-order valence-electron chi connectivity index (χ4n) is 1.66. The molecule has 3 amide bonds. The van der Waals surface area contributed by atoms with E-state index in [1.54, 1.807) is 33.1 Å². The average Bonchev–Trinajstić information content (AvgIpc) is 2.51. The van der Waals surface area contributed by atoms with E-state index in [-0.39, 0.29) is 25.2 Å². The van der Waals surface area contributed by atoms with Crippen molar-refractivity contribution in [3.8, 4) is 11.5 Å². The van der Waals surface area contributed by atoms with Crippen molar-refractivity contribution in [1.82, 2.24) is 10.6 Å². The van der Waals surface area contributed by atoms with Gasteiger partial charge in [0.1, 0.15) is 6.61 Å². The van der Waals surface area contributed by atoms with Crippen LogP contribution in [0.25, 0.3) is 0 Å². The van der Waals surface area contributed by atoms with Gasteiger partial charge in [-0.15, -0.1) is 0 Å². The van der Waals surface area contributed by atoms with Crippen LogP contribution in [0.5, 0.6) is 11.5 Å². The molecule has 0 spiro atoms. The minimum atomic E-state index is -0.797. The van der Waals surface area contributed by atoms with Crippen LogP contribution < -0.4 is 25.8 Å². The first-order chi connectivity index (χ1) is 10.8. The summed E-state index contributed by atoms with van der Waals surface area (Å²) >= 11 is 0. The second-order valence-corrected chi connectivity index (χ2v) is 5.94. The summed E-state index contributed by atoms with van der Waals surface area (Å²) in [5.41, 5.74) is 4.46. The van der Waals surface area contributed by atoms with Gasteiger partial charge in [-0.2, -0.15) is 0 Å². The summed E-state index contributed by atoms with van der Waals surface area (Å²) in [6.07, 6.45) is 0. The highest BCUT2D eigenvalue weighted by molar-refractivity contribution is 5.81. The normalized spacial score (nSPS) is 12.2. The molecule has 23 heavy (non-hydrogen) atoms. The Kier molecular flexibility index (Phi) is 6.68. The van der Waals surface area contributed by atoms with Crippen LogP contribution >= 0.6 is 0 Å². The lowest BCUT2D eigenvalue weighted by Gasteiger charge is -2.22. The van der Waals surface area contributed by atoms with Crippen molar-refractivity contribution in [2.75, 3.05) is 20.3 Å². The molecule has 0 heterocycles. The van der Waals surface area contributed by atoms with E-state index in [4.69, 9.17) is 15.2 Å². The molecule has 0 saturated carbocycles. The van der Waals surface area contributed by atoms with E-state index in [1.165, 1.54) is 0 Å². The van der Waals surface area contributed by atoms with Gasteiger partial charge in [-0.05, 0) is 32.9 Å². The van der Waals surface area contributed by atoms with E-state index in [0.717, 1.165) is 0 Å². The van der Waals surface area contributed by atoms with Gasteiger partial charge in [-0.1, -0.05) is 12.1 Å². The molecule has 1 atom stereocenters. The zero-order valence-electron chi connectivity index (χ0n) is 14.0. The number of methoxy groups -OCH3 is 1. The van der Waals surface area contributed by atoms with E-state index in [1.807, 2.05) is 19.1 Å². The summed E-state index contributed by atoms with van der Waals surface area (Å²) in [4.78, 5) is 23.0. The first-order valence-corrected chi connectivity index (χ1v) is 7.36. The Morgan fingerprint density at radius 3 is 2.43 bits per heavy atom. The Labute approximate surface area is 136 Å². The highest BCUT2D eigenvalue weighted by atomic mass is 16.5. The highest BCUT2D eigenvalue weighted by Gasteiger charge is 2.25. The third-order valence-electron chi connectivity index (χ3n) is 3.29. The molecular formula is C16H25N3O4. The molecule has 0 bridgehead atoms. The van der Waals surface area contributed by atoms with Crippen molar-refractivity contribution in [2.24, 2.45) is 11.1 Å². The number of hydrogen-bond acceptors (Lipinski definition) is 4. The zero-order valence-corrected chi connectivity index (χ0v) is 14.0. The van der Waals surface area contributed by atoms with Crippen LogP contribution in [-0.4, -0.2) is 38.2 Å². The summed E-state index contributed by atoms with van der Waals surface area (Å²) in [6.45, 7) is 5.60. The fraction of sp³-hybridized carbons (Fsp3) is 0.500. The lowest BCUT2D eigenvalue weighted by atomic mass is 9.93. The van der Waals surface area contributed by atoms with Gasteiger partial charge in [0.15, 0.2) is 11.5 Å². The number of rotatable bonds is 8. The number of benzene rings is 1. The van der Waals surface area contributed by atoms with Crippen LogP contribution in [0, 0.1) is 5.41 Å². The molecule has 1 aromatic rings. The van der Waals surface area contributed by atoms with E-state index in [2.05, 4.69) is 10.6 Å². The quantitative estimate of drug-likeness (QED) is 0.670. The van der Waals surface area contributed by atoms with Gasteiger partial charge in [0.25, 0.3) is 0 Å². The van der Waals surface area contributed by atoms with Crippen molar-refractivity contribution in [2.45, 2.75) is 26.8 Å². The van der Waals surface area contributed by atoms with Crippen LogP contribution in [0.1, 0.15) is 20.8 Å². The van der Waals surface area contributed by atoms with E-state index >= 15 is 0 Å². The number of nitrogens with two attached hydrogens (primary N) is 1. The maximum Gasteiger partial charge on any atom is 0.315 e. The lowest BCUT2D eigenvalue weighted by molar-refractivity contribution is -0.125. The van der Waals surface area contributed by atoms with E-state index < -0.39 is 11.3 Å². The summed E-state index contributed by atoms with van der Waals surface area (Å²) in [7, 11) is 1.57. The Balaban J connectivity index is 2.40. The summed E-state index contributed by atoms with van der Waals surface area (Å²) in [5.74, 6) is 0.775. The third kappa shape index (κ3) is 6.06. The second kappa shape index (κ2) is 8.26. The van der Waals surface area contributed by atoms with Gasteiger partial charge < -0.3 is 25.8 Å². The number of primary amides is 1. The zero-order chi connectivity index (χ0) is 17.5. The number of hydrogen-bond donors (Lipinski definition) is 3. The summed E-state index contributed by atoms with van der Waals surface area (Å²) < 4.78 is 10.8. The number of nitrogens with one attached hydrogen (secondary N) is 2. The standard InChI is InChI=1S/C16H25N3O4/c1-11(9-23-13-8-6-5-7-12(13)22-4)19-15(21)18-10-16(2,3)14(17)20/h5-8,11H,9-10H2,1-4H3,(H2,17,20)(H2,18,19,21)/t11-/m0/s1. The van der Waals surface area contributed by atoms with E-state index in [0.29, 0.717) is 11.5 Å². The van der Waals surface area contributed by atoms with Gasteiger partial charge in [0.2, 0.25) is 5.91 Å². The number of urea groups is 1. The molecule has 0 aliphatic heterocycles. The highest BCUT2D eigenvalue weighted by Crippen LogP contribution is 2.25. The topological polar surface area (TPSA) is 103 Å². The van der Waals surface area contributed by atoms with Gasteiger partial charge in [-0.25, -0.2) is 4.79 Å². The molecule has 7 heteroatoms. The Hall–Kier alpha value is -2.44. The minimum Gasteiger partial charge on any atom is -0.493 e. The predicted octanol–water partition coefficient (Wildman–Crippen LogP) is 1.27. The number of ether oxygens (including phenoxy) is 2. The maximum atomic E-state index is 11.8. The van der Waals surface area contributed by atoms with Crippen molar-refractivity contribution in [1.29, 1.82) is 0 Å². The predicted molar refractivity (Wildman–Crippen MR) is 87.5 cm³/mol. The fourth-order valence-corrected chi connectivity index (χ4v) is 1.66. The molecule has 0 aromatic heterocycles. The SMILES string of the molecule is COc1ccccc1OC[C@H](C)NC(=O)NCC(C)(C)C(N)=O. The first-order valence-electron chi connectivity index (χ1n) is 7.36. The average molecular weight is 323 g/mol. The number of para-hydroxylation sites is 2. The van der Waals surface area contributed by atoms with Gasteiger partial charge >= 0.3 is 6.03 Å². The molecule has 1 aromatic carbocycles. The molecular weight excluding hydrogens is 298 g/mol. The smallest absolute Gasteiger partial charge is 0.315 e. The van der Waals surface area contributed by atoms with Crippen LogP contribution in [0.15, 0.2) is 24.3 Å². The van der Waals surface area contributed by atoms with Gasteiger partial charge in [-0.3, -0.25) is 4.79 Å². The molecule has 0 saturated heterocycles. The van der Waals surface area contributed by atoms with E-state index in [9.17, 15) is 9.59 Å². The molecule has 0 aliphatic rings. The number of carbonyl (C=O) groups is 2. The molecule has 1 rings (SSSR count). The Bertz CT molecular complexity index is 546. The monoisotopic (exact) mass is 323 g/mol. The Morgan fingerprint density at radius 2 is 1.87 bits per heavy atom. The summed E-state index contributed by atoms with van der Waals surface area (Å²) in [5, 5.41) is 5.36. The lowest BCUT2D eigenvalue weighted by Crippen LogP contribution is -2.48. The number of amides is 3. The molecule has 7 nitrogen and oxygen atoms in total. The van der Waals surface area contributed by atoms with Crippen LogP contribution in [-0.2, 0) is 4.79 Å². The maximum absolute atomic E-state index is 11.8.